The molecule has 20 heteroatoms. The van der Waals surface area contributed by atoms with Crippen molar-refractivity contribution in [1.82, 2.24) is 0 Å². The van der Waals surface area contributed by atoms with Crippen LogP contribution in [0.4, 0.5) is 0 Å². The van der Waals surface area contributed by atoms with Crippen molar-refractivity contribution < 1.29 is 95.2 Å². The lowest BCUT2D eigenvalue weighted by atomic mass is 9.97. The topological polar surface area (TPSA) is 247 Å². The maximum Gasteiger partial charge on any atom is 0.308 e. The third-order valence-electron chi connectivity index (χ3n) is 8.03. The van der Waals surface area contributed by atoms with Gasteiger partial charge in [-0.3, -0.25) is 38.4 Å². The SMILES string of the molecule is CCCCC[C@H](CC(=O)OCC)O[C@@H]1O[C@H](CO[C@@H]2O[C@H](COC(C)=O)[C@@H](OC(C)=O)[C@H](OC(C)=O)[C@H]2OC(C)=O)[C@@H](OC(C)=O)[C@H](OC(C)=O)[C@H]1OC(C)=O. The van der Waals surface area contributed by atoms with Crippen LogP contribution in [0.5, 0.6) is 0 Å². The van der Waals surface area contributed by atoms with Gasteiger partial charge in [-0.05, 0) is 13.3 Å². The lowest BCUT2D eigenvalue weighted by molar-refractivity contribution is -0.339. The molecule has 20 nitrogen and oxygen atoms in total. The Kier molecular flexibility index (Phi) is 20.1. The third-order valence-corrected chi connectivity index (χ3v) is 8.03. The minimum atomic E-state index is -1.68. The zero-order chi connectivity index (χ0) is 42.1. The predicted molar refractivity (Wildman–Crippen MR) is 183 cm³/mol. The molecule has 0 aromatic carbocycles. The molecular formula is C36H54O20. The van der Waals surface area contributed by atoms with E-state index >= 15 is 0 Å². The molecule has 0 amide bonds. The molecule has 2 aliphatic heterocycles. The first kappa shape index (κ1) is 47.8. The van der Waals surface area contributed by atoms with E-state index in [1.165, 1.54) is 0 Å². The molecule has 2 rings (SSSR count). The van der Waals surface area contributed by atoms with Gasteiger partial charge in [0.1, 0.15) is 18.8 Å². The number of unbranched alkanes of at least 4 members (excludes halogenated alkanes) is 2. The summed E-state index contributed by atoms with van der Waals surface area (Å²) in [6.07, 6.45) is -13.8. The molecule has 0 aromatic heterocycles. The van der Waals surface area contributed by atoms with E-state index < -0.39 is 128 Å². The fourth-order valence-corrected chi connectivity index (χ4v) is 6.05. The van der Waals surface area contributed by atoms with E-state index in [-0.39, 0.29) is 13.0 Å². The number of carbonyl (C=O) groups is 8. The molecule has 0 radical (unpaired) electrons. The fourth-order valence-electron chi connectivity index (χ4n) is 6.05. The number of rotatable bonds is 20. The third kappa shape index (κ3) is 16.0. The largest absolute Gasteiger partial charge is 0.466 e. The Morgan fingerprint density at radius 2 is 0.929 bits per heavy atom. The Morgan fingerprint density at radius 1 is 0.500 bits per heavy atom. The van der Waals surface area contributed by atoms with Gasteiger partial charge in [-0.2, -0.15) is 0 Å². The second-order valence-corrected chi connectivity index (χ2v) is 12.9. The fraction of sp³-hybridized carbons (Fsp3) is 0.778. The average molecular weight is 807 g/mol. The molecule has 0 aromatic rings. The van der Waals surface area contributed by atoms with Crippen LogP contribution < -0.4 is 0 Å². The molecule has 318 valence electrons. The van der Waals surface area contributed by atoms with E-state index in [1.807, 2.05) is 6.92 Å². The summed E-state index contributed by atoms with van der Waals surface area (Å²) in [7, 11) is 0. The summed E-state index contributed by atoms with van der Waals surface area (Å²) in [5, 5.41) is 0. The summed E-state index contributed by atoms with van der Waals surface area (Å²) in [5.74, 6) is -6.50. The highest BCUT2D eigenvalue weighted by molar-refractivity contribution is 5.70. The van der Waals surface area contributed by atoms with Gasteiger partial charge in [0.05, 0.1) is 25.7 Å². The summed E-state index contributed by atoms with van der Waals surface area (Å²) in [4.78, 5) is 98.5. The van der Waals surface area contributed by atoms with Gasteiger partial charge in [-0.25, -0.2) is 0 Å². The molecule has 0 saturated carbocycles. The summed E-state index contributed by atoms with van der Waals surface area (Å²) in [6.45, 7) is 10.0. The summed E-state index contributed by atoms with van der Waals surface area (Å²) < 4.78 is 67.8. The zero-order valence-electron chi connectivity index (χ0n) is 33.2. The van der Waals surface area contributed by atoms with Crippen molar-refractivity contribution in [2.45, 2.75) is 162 Å². The van der Waals surface area contributed by atoms with Crippen molar-refractivity contribution in [3.05, 3.63) is 0 Å². The number of esters is 8. The Bertz CT molecular complexity index is 1370. The number of carbonyl (C=O) groups excluding carboxylic acids is 8. The van der Waals surface area contributed by atoms with Crippen LogP contribution in [0.25, 0.3) is 0 Å². The van der Waals surface area contributed by atoms with Crippen LogP contribution in [-0.2, 0) is 95.2 Å². The van der Waals surface area contributed by atoms with Crippen LogP contribution >= 0.6 is 0 Å². The molecule has 11 atom stereocenters. The molecular weight excluding hydrogens is 752 g/mol. The quantitative estimate of drug-likeness (QED) is 0.0961. The second-order valence-electron chi connectivity index (χ2n) is 12.9. The zero-order valence-corrected chi connectivity index (χ0v) is 33.2. The standard InChI is InChI=1S/C36H54O20/c1-10-12-13-14-25(15-28(44)45-11-2)54-36-34(53-24(9)43)32(51-22(7)41)30(49-20(5)39)27(56-36)17-47-35-33(52-23(8)42)31(50-21(6)40)29(48-19(4)38)26(55-35)16-46-18(3)37/h25-27,29-36H,10-17H2,1-9H3/t25-,26-,27-,29-,30-,31+,32+,33-,34-,35-,36-/m1/s1. The van der Waals surface area contributed by atoms with Gasteiger partial charge in [-0.1, -0.05) is 26.2 Å². The van der Waals surface area contributed by atoms with Gasteiger partial charge in [0.2, 0.25) is 0 Å². The lowest BCUT2D eigenvalue weighted by Gasteiger charge is -2.46. The molecule has 0 bridgehead atoms. The van der Waals surface area contributed by atoms with Crippen LogP contribution in [-0.4, -0.2) is 135 Å². The van der Waals surface area contributed by atoms with Crippen LogP contribution in [0, 0.1) is 0 Å². The van der Waals surface area contributed by atoms with E-state index in [2.05, 4.69) is 0 Å². The van der Waals surface area contributed by atoms with E-state index in [9.17, 15) is 38.4 Å². The van der Waals surface area contributed by atoms with Gasteiger partial charge in [-0.15, -0.1) is 0 Å². The average Bonchev–Trinajstić information content (AvgIpc) is 3.06. The summed E-state index contributed by atoms with van der Waals surface area (Å²) in [5.41, 5.74) is 0. The van der Waals surface area contributed by atoms with Crippen molar-refractivity contribution in [2.75, 3.05) is 19.8 Å². The lowest BCUT2D eigenvalue weighted by Crippen LogP contribution is -2.65. The predicted octanol–water partition coefficient (Wildman–Crippen LogP) is 1.52. The molecule has 2 saturated heterocycles. The van der Waals surface area contributed by atoms with E-state index in [0.29, 0.717) is 12.8 Å². The Balaban J connectivity index is 2.65. The van der Waals surface area contributed by atoms with Gasteiger partial charge in [0.15, 0.2) is 49.2 Å². The van der Waals surface area contributed by atoms with E-state index in [4.69, 9.17) is 56.8 Å². The number of hydrogen-bond donors (Lipinski definition) is 0. The van der Waals surface area contributed by atoms with Crippen molar-refractivity contribution in [2.24, 2.45) is 0 Å². The smallest absolute Gasteiger partial charge is 0.308 e. The highest BCUT2D eigenvalue weighted by Crippen LogP contribution is 2.34. The van der Waals surface area contributed by atoms with Crippen molar-refractivity contribution >= 4 is 47.8 Å². The summed E-state index contributed by atoms with van der Waals surface area (Å²) >= 11 is 0. The van der Waals surface area contributed by atoms with Crippen LogP contribution in [0.1, 0.15) is 94.4 Å². The van der Waals surface area contributed by atoms with E-state index in [0.717, 1.165) is 61.3 Å². The Labute approximate surface area is 324 Å². The van der Waals surface area contributed by atoms with Crippen molar-refractivity contribution in [3.8, 4) is 0 Å². The summed E-state index contributed by atoms with van der Waals surface area (Å²) in [6, 6.07) is 0. The molecule has 2 aliphatic rings. The Hall–Kier alpha value is -4.40. The van der Waals surface area contributed by atoms with E-state index in [1.54, 1.807) is 6.92 Å². The maximum atomic E-state index is 12.6. The van der Waals surface area contributed by atoms with Gasteiger partial charge in [0, 0.05) is 48.5 Å². The first-order valence-electron chi connectivity index (χ1n) is 18.3. The normalized spacial score (nSPS) is 27.7. The number of ether oxygens (including phenoxy) is 12. The molecule has 2 fully saturated rings. The van der Waals surface area contributed by atoms with Crippen molar-refractivity contribution in [1.29, 1.82) is 0 Å². The monoisotopic (exact) mass is 806 g/mol. The molecule has 0 spiro atoms. The second kappa shape index (κ2) is 23.6. The van der Waals surface area contributed by atoms with Crippen LogP contribution in [0.3, 0.4) is 0 Å². The van der Waals surface area contributed by atoms with Crippen LogP contribution in [0.2, 0.25) is 0 Å². The first-order chi connectivity index (χ1) is 26.4. The van der Waals surface area contributed by atoms with Gasteiger partial charge in [0.25, 0.3) is 0 Å². The Morgan fingerprint density at radius 3 is 1.38 bits per heavy atom. The molecule has 2 heterocycles. The van der Waals surface area contributed by atoms with Gasteiger partial charge >= 0.3 is 47.8 Å². The minimum Gasteiger partial charge on any atom is -0.466 e. The molecule has 0 unspecified atom stereocenters. The first-order valence-corrected chi connectivity index (χ1v) is 18.3. The molecule has 56 heavy (non-hydrogen) atoms. The van der Waals surface area contributed by atoms with Crippen LogP contribution in [0.15, 0.2) is 0 Å². The van der Waals surface area contributed by atoms with Gasteiger partial charge < -0.3 is 56.8 Å². The maximum absolute atomic E-state index is 12.6. The number of hydrogen-bond acceptors (Lipinski definition) is 20. The highest BCUT2D eigenvalue weighted by atomic mass is 16.8. The molecule has 0 N–H and O–H groups in total. The van der Waals surface area contributed by atoms with Crippen molar-refractivity contribution in [3.63, 3.8) is 0 Å². The minimum absolute atomic E-state index is 0.105. The highest BCUT2D eigenvalue weighted by Gasteiger charge is 2.56. The molecule has 0 aliphatic carbocycles.